The van der Waals surface area contributed by atoms with E-state index in [1.165, 1.54) is 6.07 Å². The van der Waals surface area contributed by atoms with E-state index < -0.39 is 6.04 Å². The quantitative estimate of drug-likeness (QED) is 0.836. The van der Waals surface area contributed by atoms with Gasteiger partial charge in [0.1, 0.15) is 11.8 Å². The van der Waals surface area contributed by atoms with Crippen LogP contribution in [0.1, 0.15) is 29.8 Å². The molecule has 0 aliphatic rings. The van der Waals surface area contributed by atoms with E-state index in [1.54, 1.807) is 19.1 Å². The molecule has 4 heteroatoms. The summed E-state index contributed by atoms with van der Waals surface area (Å²) in [6.07, 6.45) is 0. The summed E-state index contributed by atoms with van der Waals surface area (Å²) in [6.45, 7) is 5.48. The number of phenolic OH excluding ortho intramolecular Hbond substituents is 1. The Labute approximate surface area is 101 Å². The first-order chi connectivity index (χ1) is 7.95. The molecule has 1 atom stereocenters. The van der Waals surface area contributed by atoms with Crippen LogP contribution >= 0.6 is 0 Å². The molecule has 0 fully saturated rings. The highest BCUT2D eigenvalue weighted by Crippen LogP contribution is 2.17. The number of carbonyl (C=O) groups is 1. The van der Waals surface area contributed by atoms with E-state index in [0.717, 1.165) is 0 Å². The number of nitriles is 1. The van der Waals surface area contributed by atoms with E-state index >= 15 is 0 Å². The molecule has 0 saturated heterocycles. The van der Waals surface area contributed by atoms with Gasteiger partial charge in [-0.15, -0.1) is 0 Å². The zero-order chi connectivity index (χ0) is 13.0. The first kappa shape index (κ1) is 13.0. The topological polar surface area (TPSA) is 73.1 Å². The van der Waals surface area contributed by atoms with Crippen LogP contribution in [0.25, 0.3) is 0 Å². The number of benzene rings is 1. The third-order valence-corrected chi connectivity index (χ3v) is 2.56. The first-order valence-corrected chi connectivity index (χ1v) is 5.45. The molecule has 90 valence electrons. The van der Waals surface area contributed by atoms with E-state index in [-0.39, 0.29) is 17.6 Å². The van der Waals surface area contributed by atoms with Crippen molar-refractivity contribution in [3.05, 3.63) is 29.3 Å². The molecule has 1 unspecified atom stereocenters. The van der Waals surface area contributed by atoms with Crippen LogP contribution in [-0.2, 0) is 0 Å². The Bertz CT molecular complexity index is 461. The van der Waals surface area contributed by atoms with Crippen LogP contribution in [0.4, 0.5) is 0 Å². The normalized spacial score (nSPS) is 11.9. The van der Waals surface area contributed by atoms with Gasteiger partial charge in [0.05, 0.1) is 6.07 Å². The number of aryl methyl sites for hydroxylation is 1. The van der Waals surface area contributed by atoms with Crippen LogP contribution in [-0.4, -0.2) is 17.1 Å². The Balaban J connectivity index is 2.83. The molecule has 1 amide bonds. The second-order valence-electron chi connectivity index (χ2n) is 4.33. The molecular formula is C13H16N2O2. The largest absolute Gasteiger partial charge is 0.508 e. The number of hydrogen-bond donors (Lipinski definition) is 2. The number of hydrogen-bond acceptors (Lipinski definition) is 3. The van der Waals surface area contributed by atoms with Crippen LogP contribution in [0.15, 0.2) is 18.2 Å². The number of carbonyl (C=O) groups excluding carboxylic acids is 1. The molecule has 0 bridgehead atoms. The lowest BCUT2D eigenvalue weighted by molar-refractivity contribution is 0.0937. The van der Waals surface area contributed by atoms with Crippen LogP contribution < -0.4 is 5.32 Å². The number of amides is 1. The minimum Gasteiger partial charge on any atom is -0.508 e. The minimum atomic E-state index is -0.522. The predicted octanol–water partition coefficient (Wildman–Crippen LogP) is 1.98. The lowest BCUT2D eigenvalue weighted by atomic mass is 10.0. The third kappa shape index (κ3) is 3.22. The molecule has 17 heavy (non-hydrogen) atoms. The summed E-state index contributed by atoms with van der Waals surface area (Å²) in [5.74, 6) is -0.223. The molecule has 0 aliphatic carbocycles. The molecule has 0 spiro atoms. The van der Waals surface area contributed by atoms with Crippen molar-refractivity contribution in [3.8, 4) is 11.8 Å². The van der Waals surface area contributed by atoms with Gasteiger partial charge in [-0.2, -0.15) is 5.26 Å². The van der Waals surface area contributed by atoms with Gasteiger partial charge in [-0.05, 0) is 30.5 Å². The highest BCUT2D eigenvalue weighted by atomic mass is 16.3. The summed E-state index contributed by atoms with van der Waals surface area (Å²) in [6, 6.07) is 6.21. The number of nitrogens with one attached hydrogen (secondary N) is 1. The summed E-state index contributed by atoms with van der Waals surface area (Å²) in [4.78, 5) is 11.8. The van der Waals surface area contributed by atoms with Gasteiger partial charge in [-0.3, -0.25) is 4.79 Å². The van der Waals surface area contributed by atoms with Gasteiger partial charge in [0.2, 0.25) is 0 Å². The standard InChI is InChI=1S/C13H16N2O2/c1-8(2)11(7-14)15-13(17)10-5-4-9(3)12(16)6-10/h4-6,8,11,16H,1-3H3,(H,15,17). The molecule has 0 saturated carbocycles. The highest BCUT2D eigenvalue weighted by molar-refractivity contribution is 5.95. The molecule has 0 aromatic heterocycles. The maximum absolute atomic E-state index is 11.8. The average molecular weight is 232 g/mol. The van der Waals surface area contributed by atoms with Crippen molar-refractivity contribution in [2.24, 2.45) is 5.92 Å². The Morgan fingerprint density at radius 3 is 2.59 bits per heavy atom. The molecule has 1 aromatic carbocycles. The minimum absolute atomic E-state index is 0.0444. The van der Waals surface area contributed by atoms with Gasteiger partial charge < -0.3 is 10.4 Å². The van der Waals surface area contributed by atoms with Crippen LogP contribution in [0.3, 0.4) is 0 Å². The zero-order valence-electron chi connectivity index (χ0n) is 10.2. The van der Waals surface area contributed by atoms with Crippen molar-refractivity contribution < 1.29 is 9.90 Å². The molecule has 0 heterocycles. The van der Waals surface area contributed by atoms with Crippen molar-refractivity contribution in [2.45, 2.75) is 26.8 Å². The summed E-state index contributed by atoms with van der Waals surface area (Å²) >= 11 is 0. The van der Waals surface area contributed by atoms with Crippen LogP contribution in [0, 0.1) is 24.2 Å². The SMILES string of the molecule is Cc1ccc(C(=O)NC(C#N)C(C)C)cc1O. The van der Waals surface area contributed by atoms with E-state index in [1.807, 2.05) is 19.9 Å². The molecule has 2 N–H and O–H groups in total. The molecular weight excluding hydrogens is 216 g/mol. The van der Waals surface area contributed by atoms with Crippen LogP contribution in [0.5, 0.6) is 5.75 Å². The lowest BCUT2D eigenvalue weighted by Crippen LogP contribution is -2.37. The fourth-order valence-corrected chi connectivity index (χ4v) is 1.32. The number of aromatic hydroxyl groups is 1. The summed E-state index contributed by atoms with van der Waals surface area (Å²) in [5, 5.41) is 21.0. The van der Waals surface area contributed by atoms with Gasteiger partial charge in [0, 0.05) is 5.56 Å². The highest BCUT2D eigenvalue weighted by Gasteiger charge is 2.16. The molecule has 0 aliphatic heterocycles. The van der Waals surface area contributed by atoms with Crippen molar-refractivity contribution in [3.63, 3.8) is 0 Å². The maximum atomic E-state index is 11.8. The van der Waals surface area contributed by atoms with E-state index in [9.17, 15) is 9.90 Å². The number of rotatable bonds is 3. The Kier molecular flexibility index (Phi) is 4.11. The first-order valence-electron chi connectivity index (χ1n) is 5.45. The van der Waals surface area contributed by atoms with Gasteiger partial charge >= 0.3 is 0 Å². The van der Waals surface area contributed by atoms with Crippen molar-refractivity contribution in [1.29, 1.82) is 5.26 Å². The number of phenols is 1. The second kappa shape index (κ2) is 5.35. The zero-order valence-corrected chi connectivity index (χ0v) is 10.2. The molecule has 4 nitrogen and oxygen atoms in total. The fraction of sp³-hybridized carbons (Fsp3) is 0.385. The summed E-state index contributed by atoms with van der Waals surface area (Å²) in [5.41, 5.74) is 1.07. The van der Waals surface area contributed by atoms with E-state index in [2.05, 4.69) is 5.32 Å². The van der Waals surface area contributed by atoms with Crippen molar-refractivity contribution in [2.75, 3.05) is 0 Å². The van der Waals surface area contributed by atoms with Gasteiger partial charge in [0.15, 0.2) is 0 Å². The Morgan fingerprint density at radius 2 is 2.12 bits per heavy atom. The van der Waals surface area contributed by atoms with Gasteiger partial charge in [-0.1, -0.05) is 19.9 Å². The van der Waals surface area contributed by atoms with E-state index in [0.29, 0.717) is 11.1 Å². The summed E-state index contributed by atoms with van der Waals surface area (Å²) in [7, 11) is 0. The average Bonchev–Trinajstić information content (AvgIpc) is 2.28. The van der Waals surface area contributed by atoms with Gasteiger partial charge in [0.25, 0.3) is 5.91 Å². The number of nitrogens with zero attached hydrogens (tertiary/aromatic N) is 1. The smallest absolute Gasteiger partial charge is 0.252 e. The van der Waals surface area contributed by atoms with Crippen LogP contribution in [0.2, 0.25) is 0 Å². The third-order valence-electron chi connectivity index (χ3n) is 2.56. The summed E-state index contributed by atoms with van der Waals surface area (Å²) < 4.78 is 0. The molecule has 0 radical (unpaired) electrons. The van der Waals surface area contributed by atoms with Gasteiger partial charge in [-0.25, -0.2) is 0 Å². The van der Waals surface area contributed by atoms with Crippen molar-refractivity contribution >= 4 is 5.91 Å². The second-order valence-corrected chi connectivity index (χ2v) is 4.33. The fourth-order valence-electron chi connectivity index (χ4n) is 1.32. The van der Waals surface area contributed by atoms with Crippen molar-refractivity contribution in [1.82, 2.24) is 5.32 Å². The molecule has 1 rings (SSSR count). The Hall–Kier alpha value is -2.02. The Morgan fingerprint density at radius 1 is 1.47 bits per heavy atom. The monoisotopic (exact) mass is 232 g/mol. The lowest BCUT2D eigenvalue weighted by Gasteiger charge is -2.15. The maximum Gasteiger partial charge on any atom is 0.252 e. The van der Waals surface area contributed by atoms with E-state index in [4.69, 9.17) is 5.26 Å². The predicted molar refractivity (Wildman–Crippen MR) is 64.5 cm³/mol. The molecule has 1 aromatic rings.